The van der Waals surface area contributed by atoms with Crippen molar-refractivity contribution in [2.24, 2.45) is 0 Å². The molecule has 0 amide bonds. The molecule has 1 atom stereocenters. The largest absolute Gasteiger partial charge is 0.372 e. The number of ether oxygens (including phenoxy) is 1. The molecule has 1 N–H and O–H groups in total. The Hall–Kier alpha value is -0.860. The maximum Gasteiger partial charge on any atom is 0.0949 e. The van der Waals surface area contributed by atoms with Crippen LogP contribution >= 0.6 is 0 Å². The van der Waals surface area contributed by atoms with E-state index in [1.54, 1.807) is 0 Å². The van der Waals surface area contributed by atoms with Crippen LogP contribution in [0.4, 0.5) is 0 Å². The molecular formula is C17H27NO. The van der Waals surface area contributed by atoms with Gasteiger partial charge in [0.2, 0.25) is 0 Å². The SMILES string of the molecule is CC1(C)CCOC(c2ccc(C(C)(C)C)cc2)CN1. The second-order valence-corrected chi connectivity index (χ2v) is 7.25. The van der Waals surface area contributed by atoms with Crippen molar-refractivity contribution in [1.29, 1.82) is 0 Å². The van der Waals surface area contributed by atoms with Gasteiger partial charge in [0.1, 0.15) is 0 Å². The van der Waals surface area contributed by atoms with Gasteiger partial charge in [0.15, 0.2) is 0 Å². The summed E-state index contributed by atoms with van der Waals surface area (Å²) in [5, 5.41) is 3.59. The summed E-state index contributed by atoms with van der Waals surface area (Å²) in [6, 6.07) is 8.89. The number of hydrogen-bond donors (Lipinski definition) is 1. The average molecular weight is 261 g/mol. The predicted octanol–water partition coefficient (Wildman–Crippen LogP) is 3.81. The van der Waals surface area contributed by atoms with E-state index in [1.165, 1.54) is 11.1 Å². The molecule has 1 unspecified atom stereocenters. The summed E-state index contributed by atoms with van der Waals surface area (Å²) in [7, 11) is 0. The van der Waals surface area contributed by atoms with Crippen LogP contribution in [-0.2, 0) is 10.2 Å². The summed E-state index contributed by atoms with van der Waals surface area (Å²) < 4.78 is 5.99. The van der Waals surface area contributed by atoms with Gasteiger partial charge in [-0.05, 0) is 36.8 Å². The van der Waals surface area contributed by atoms with Crippen molar-refractivity contribution in [3.05, 3.63) is 35.4 Å². The molecule has 0 saturated carbocycles. The Morgan fingerprint density at radius 3 is 2.37 bits per heavy atom. The number of benzene rings is 1. The lowest BCUT2D eigenvalue weighted by atomic mass is 9.86. The van der Waals surface area contributed by atoms with Gasteiger partial charge in [-0.25, -0.2) is 0 Å². The molecule has 1 saturated heterocycles. The van der Waals surface area contributed by atoms with E-state index in [4.69, 9.17) is 4.74 Å². The second kappa shape index (κ2) is 5.26. The van der Waals surface area contributed by atoms with Crippen LogP contribution in [0.25, 0.3) is 0 Å². The monoisotopic (exact) mass is 261 g/mol. The highest BCUT2D eigenvalue weighted by molar-refractivity contribution is 5.29. The zero-order chi connectivity index (χ0) is 14.1. The lowest BCUT2D eigenvalue weighted by molar-refractivity contribution is 0.0656. The number of hydrogen-bond acceptors (Lipinski definition) is 2. The van der Waals surface area contributed by atoms with Gasteiger partial charge in [-0.15, -0.1) is 0 Å². The Labute approximate surface area is 117 Å². The summed E-state index contributed by atoms with van der Waals surface area (Å²) in [6.07, 6.45) is 1.24. The third-order valence-corrected chi connectivity index (χ3v) is 3.96. The summed E-state index contributed by atoms with van der Waals surface area (Å²) in [5.74, 6) is 0. The van der Waals surface area contributed by atoms with Gasteiger partial charge in [0.25, 0.3) is 0 Å². The molecule has 0 aromatic heterocycles. The fourth-order valence-electron chi connectivity index (χ4n) is 2.38. The average Bonchev–Trinajstić information content (AvgIpc) is 2.49. The fourth-order valence-corrected chi connectivity index (χ4v) is 2.38. The molecule has 1 aliphatic heterocycles. The molecule has 2 heteroatoms. The Morgan fingerprint density at radius 2 is 1.79 bits per heavy atom. The number of nitrogens with one attached hydrogen (secondary N) is 1. The van der Waals surface area contributed by atoms with Gasteiger partial charge in [-0.2, -0.15) is 0 Å². The molecule has 1 aromatic rings. The van der Waals surface area contributed by atoms with Crippen LogP contribution in [0.1, 0.15) is 58.3 Å². The number of rotatable bonds is 1. The highest BCUT2D eigenvalue weighted by atomic mass is 16.5. The summed E-state index contributed by atoms with van der Waals surface area (Å²) >= 11 is 0. The molecule has 106 valence electrons. The van der Waals surface area contributed by atoms with E-state index in [1.807, 2.05) is 0 Å². The maximum atomic E-state index is 5.99. The zero-order valence-corrected chi connectivity index (χ0v) is 12.9. The summed E-state index contributed by atoms with van der Waals surface area (Å²) in [4.78, 5) is 0. The molecule has 0 bridgehead atoms. The van der Waals surface area contributed by atoms with Gasteiger partial charge in [-0.1, -0.05) is 45.0 Å². The minimum atomic E-state index is 0.177. The van der Waals surface area contributed by atoms with Crippen LogP contribution in [0.15, 0.2) is 24.3 Å². The normalized spacial score (nSPS) is 23.9. The van der Waals surface area contributed by atoms with Crippen molar-refractivity contribution in [3.63, 3.8) is 0 Å². The molecule has 0 spiro atoms. The molecule has 0 radical (unpaired) electrons. The smallest absolute Gasteiger partial charge is 0.0949 e. The third kappa shape index (κ3) is 3.80. The van der Waals surface area contributed by atoms with Crippen molar-refractivity contribution in [3.8, 4) is 0 Å². The predicted molar refractivity (Wildman–Crippen MR) is 80.5 cm³/mol. The van der Waals surface area contributed by atoms with E-state index in [-0.39, 0.29) is 17.1 Å². The molecule has 19 heavy (non-hydrogen) atoms. The molecule has 1 aromatic carbocycles. The van der Waals surface area contributed by atoms with Crippen LogP contribution in [0.2, 0.25) is 0 Å². The Morgan fingerprint density at radius 1 is 1.16 bits per heavy atom. The third-order valence-electron chi connectivity index (χ3n) is 3.96. The quantitative estimate of drug-likeness (QED) is 0.830. The van der Waals surface area contributed by atoms with Crippen LogP contribution in [0, 0.1) is 0 Å². The summed E-state index contributed by atoms with van der Waals surface area (Å²) in [6.45, 7) is 12.9. The van der Waals surface area contributed by atoms with Crippen molar-refractivity contribution < 1.29 is 4.74 Å². The van der Waals surface area contributed by atoms with E-state index < -0.39 is 0 Å². The van der Waals surface area contributed by atoms with Crippen LogP contribution < -0.4 is 5.32 Å². The Balaban J connectivity index is 2.10. The molecule has 1 heterocycles. The van der Waals surface area contributed by atoms with Gasteiger partial charge in [-0.3, -0.25) is 0 Å². The van der Waals surface area contributed by atoms with E-state index in [2.05, 4.69) is 64.2 Å². The standard InChI is InChI=1S/C17H27NO/c1-16(2,3)14-8-6-13(7-9-14)15-12-18-17(4,5)10-11-19-15/h6-9,15,18H,10-12H2,1-5H3. The molecule has 2 rings (SSSR count). The molecule has 0 aliphatic carbocycles. The summed E-state index contributed by atoms with van der Waals surface area (Å²) in [5.41, 5.74) is 3.04. The molecule has 1 aliphatic rings. The lowest BCUT2D eigenvalue weighted by Gasteiger charge is -2.23. The molecule has 2 nitrogen and oxygen atoms in total. The molecular weight excluding hydrogens is 234 g/mol. The zero-order valence-electron chi connectivity index (χ0n) is 12.9. The minimum Gasteiger partial charge on any atom is -0.372 e. The van der Waals surface area contributed by atoms with E-state index in [0.29, 0.717) is 0 Å². The van der Waals surface area contributed by atoms with Crippen molar-refractivity contribution in [2.75, 3.05) is 13.2 Å². The first-order chi connectivity index (χ1) is 8.78. The Kier molecular flexibility index (Phi) is 4.03. The van der Waals surface area contributed by atoms with Gasteiger partial charge < -0.3 is 10.1 Å². The fraction of sp³-hybridized carbons (Fsp3) is 0.647. The maximum absolute atomic E-state index is 5.99. The first-order valence-electron chi connectivity index (χ1n) is 7.25. The van der Waals surface area contributed by atoms with E-state index >= 15 is 0 Å². The van der Waals surface area contributed by atoms with Crippen LogP contribution in [0.3, 0.4) is 0 Å². The second-order valence-electron chi connectivity index (χ2n) is 7.25. The topological polar surface area (TPSA) is 21.3 Å². The van der Waals surface area contributed by atoms with Gasteiger partial charge in [0, 0.05) is 18.7 Å². The minimum absolute atomic E-state index is 0.177. The van der Waals surface area contributed by atoms with Crippen molar-refractivity contribution in [2.45, 2.75) is 58.1 Å². The van der Waals surface area contributed by atoms with Crippen molar-refractivity contribution >= 4 is 0 Å². The van der Waals surface area contributed by atoms with Crippen LogP contribution in [0.5, 0.6) is 0 Å². The van der Waals surface area contributed by atoms with Crippen molar-refractivity contribution in [1.82, 2.24) is 5.32 Å². The first kappa shape index (κ1) is 14.5. The highest BCUT2D eigenvalue weighted by Crippen LogP contribution is 2.27. The van der Waals surface area contributed by atoms with E-state index in [0.717, 1.165) is 19.6 Å². The van der Waals surface area contributed by atoms with E-state index in [9.17, 15) is 0 Å². The van der Waals surface area contributed by atoms with Gasteiger partial charge in [0.05, 0.1) is 6.10 Å². The first-order valence-corrected chi connectivity index (χ1v) is 7.25. The van der Waals surface area contributed by atoms with Crippen LogP contribution in [-0.4, -0.2) is 18.7 Å². The van der Waals surface area contributed by atoms with Gasteiger partial charge >= 0.3 is 0 Å². The Bertz CT molecular complexity index is 414. The molecule has 1 fully saturated rings. The highest BCUT2D eigenvalue weighted by Gasteiger charge is 2.25. The lowest BCUT2D eigenvalue weighted by Crippen LogP contribution is -2.39.